The summed E-state index contributed by atoms with van der Waals surface area (Å²) in [5.74, 6) is -0.639. The number of ether oxygens (including phenoxy) is 2. The molecule has 10 nitrogen and oxygen atoms in total. The second-order valence-electron chi connectivity index (χ2n) is 10.4. The van der Waals surface area contributed by atoms with E-state index in [0.29, 0.717) is 53.9 Å². The third-order valence-electron chi connectivity index (χ3n) is 7.76. The number of hydrogen-bond donors (Lipinski definition) is 4. The van der Waals surface area contributed by atoms with E-state index in [1.165, 1.54) is 7.11 Å². The van der Waals surface area contributed by atoms with Crippen LogP contribution < -0.4 is 14.8 Å². The third kappa shape index (κ3) is 5.45. The largest absolute Gasteiger partial charge is 0.493 e. The molecular weight excluding hydrogens is 526 g/mol. The van der Waals surface area contributed by atoms with Crippen LogP contribution in [0.2, 0.25) is 0 Å². The van der Waals surface area contributed by atoms with Crippen molar-refractivity contribution in [3.8, 4) is 11.5 Å². The van der Waals surface area contributed by atoms with E-state index in [2.05, 4.69) is 10.3 Å². The van der Waals surface area contributed by atoms with Crippen molar-refractivity contribution in [1.29, 1.82) is 0 Å². The van der Waals surface area contributed by atoms with Crippen LogP contribution in [0.5, 0.6) is 11.5 Å². The van der Waals surface area contributed by atoms with Gasteiger partial charge in [0, 0.05) is 53.8 Å². The zero-order valence-electron chi connectivity index (χ0n) is 23.1. The van der Waals surface area contributed by atoms with Gasteiger partial charge in [-0.25, -0.2) is 0 Å². The number of aromatic nitrogens is 1. The Hall–Kier alpha value is -4.15. The number of nitrogens with zero attached hydrogens (tertiary/aromatic N) is 1. The van der Waals surface area contributed by atoms with Crippen LogP contribution in [0.15, 0.2) is 54.1 Å². The first-order valence-electron chi connectivity index (χ1n) is 13.9. The van der Waals surface area contributed by atoms with Gasteiger partial charge in [-0.05, 0) is 42.1 Å². The smallest absolute Gasteiger partial charge is 0.247 e. The van der Waals surface area contributed by atoms with Gasteiger partial charge in [0.05, 0.1) is 25.7 Å². The third-order valence-corrected chi connectivity index (χ3v) is 7.76. The number of aliphatic hydroxyl groups excluding tert-OH is 2. The van der Waals surface area contributed by atoms with Gasteiger partial charge in [-0.3, -0.25) is 14.4 Å². The minimum atomic E-state index is -1.17. The molecule has 41 heavy (non-hydrogen) atoms. The van der Waals surface area contributed by atoms with Gasteiger partial charge in [-0.15, -0.1) is 0 Å². The molecule has 1 aromatic heterocycles. The number of H-pyrrole nitrogens is 1. The summed E-state index contributed by atoms with van der Waals surface area (Å²) in [4.78, 5) is 43.6. The van der Waals surface area contributed by atoms with E-state index in [0.717, 1.165) is 16.6 Å². The summed E-state index contributed by atoms with van der Waals surface area (Å²) in [6, 6.07) is 12.3. The molecule has 3 aromatic rings. The normalized spacial score (nSPS) is 20.9. The molecule has 1 aliphatic carbocycles. The summed E-state index contributed by atoms with van der Waals surface area (Å²) >= 11 is 0. The average molecular weight is 562 g/mol. The molecule has 0 fully saturated rings. The van der Waals surface area contributed by atoms with Crippen LogP contribution in [0, 0.1) is 0 Å². The number of para-hydroxylation sites is 1. The molecule has 0 radical (unpaired) electrons. The summed E-state index contributed by atoms with van der Waals surface area (Å²) in [7, 11) is 1.45. The number of aromatic amines is 1. The van der Waals surface area contributed by atoms with Crippen LogP contribution in [0.25, 0.3) is 10.9 Å². The minimum Gasteiger partial charge on any atom is -0.493 e. The van der Waals surface area contributed by atoms with Crippen LogP contribution in [0.1, 0.15) is 47.3 Å². The number of nitrogens with one attached hydrogen (secondary N) is 2. The topological polar surface area (TPSA) is 141 Å². The summed E-state index contributed by atoms with van der Waals surface area (Å²) in [6.07, 6.45) is 1.65. The van der Waals surface area contributed by atoms with E-state index in [9.17, 15) is 24.6 Å². The van der Waals surface area contributed by atoms with Crippen molar-refractivity contribution in [3.05, 3.63) is 70.9 Å². The first-order chi connectivity index (χ1) is 19.9. The Kier molecular flexibility index (Phi) is 8.41. The van der Waals surface area contributed by atoms with Crippen LogP contribution in [-0.2, 0) is 16.0 Å². The van der Waals surface area contributed by atoms with E-state index in [4.69, 9.17) is 9.47 Å². The highest BCUT2D eigenvalue weighted by Gasteiger charge is 2.51. The highest BCUT2D eigenvalue weighted by molar-refractivity contribution is 5.96. The maximum absolute atomic E-state index is 13.5. The van der Waals surface area contributed by atoms with Crippen LogP contribution in [0.4, 0.5) is 0 Å². The number of methoxy groups -OCH3 is 1. The molecule has 2 amide bonds. The molecule has 0 spiro atoms. The van der Waals surface area contributed by atoms with Gasteiger partial charge in [0.15, 0.2) is 11.5 Å². The second kappa shape index (κ2) is 12.2. The molecule has 216 valence electrons. The molecule has 1 aliphatic heterocycles. The lowest BCUT2D eigenvalue weighted by molar-refractivity contribution is -0.137. The van der Waals surface area contributed by atoms with Crippen LogP contribution in [0.3, 0.4) is 0 Å². The number of rotatable bonds is 11. The van der Waals surface area contributed by atoms with E-state index in [1.54, 1.807) is 23.1 Å². The fourth-order valence-corrected chi connectivity index (χ4v) is 5.87. The molecule has 4 N–H and O–H groups in total. The quantitative estimate of drug-likeness (QED) is 0.264. The monoisotopic (exact) mass is 561 g/mol. The van der Waals surface area contributed by atoms with E-state index in [-0.39, 0.29) is 25.5 Å². The van der Waals surface area contributed by atoms with Crippen molar-refractivity contribution < 1.29 is 34.1 Å². The van der Waals surface area contributed by atoms with Crippen molar-refractivity contribution in [2.45, 2.75) is 50.4 Å². The number of carbonyl (C=O) groups excluding carboxylic acids is 3. The predicted octanol–water partition coefficient (Wildman–Crippen LogP) is 2.48. The zero-order chi connectivity index (χ0) is 29.1. The van der Waals surface area contributed by atoms with Crippen molar-refractivity contribution in [2.24, 2.45) is 0 Å². The number of benzene rings is 2. The SMILES string of the molecule is CCCC(=O)N(CCc1cc2ccccc2[nH]1)[C@@H]1C=C(C(=O)NCCO)[C@@H]2c3cc(C=O)cc(OC)c3O[C@@H]2[C@H]1O. The van der Waals surface area contributed by atoms with Gasteiger partial charge in [0.1, 0.15) is 18.5 Å². The molecule has 2 aliphatic rings. The van der Waals surface area contributed by atoms with E-state index >= 15 is 0 Å². The Morgan fingerprint density at radius 3 is 2.73 bits per heavy atom. The Morgan fingerprint density at radius 2 is 2.02 bits per heavy atom. The van der Waals surface area contributed by atoms with Gasteiger partial charge < -0.3 is 34.9 Å². The molecule has 4 atom stereocenters. The lowest BCUT2D eigenvalue weighted by atomic mass is 9.77. The maximum Gasteiger partial charge on any atom is 0.247 e. The summed E-state index contributed by atoms with van der Waals surface area (Å²) in [6.45, 7) is 2.00. The molecule has 2 heterocycles. The molecule has 5 rings (SSSR count). The predicted molar refractivity (Wildman–Crippen MR) is 152 cm³/mol. The molecular formula is C31H35N3O7. The zero-order valence-corrected chi connectivity index (χ0v) is 23.1. The van der Waals surface area contributed by atoms with Crippen molar-refractivity contribution in [1.82, 2.24) is 15.2 Å². The maximum atomic E-state index is 13.5. The number of hydrogen-bond acceptors (Lipinski definition) is 7. The van der Waals surface area contributed by atoms with Gasteiger partial charge in [0.25, 0.3) is 0 Å². The summed E-state index contributed by atoms with van der Waals surface area (Å²) < 4.78 is 11.7. The lowest BCUT2D eigenvalue weighted by Gasteiger charge is -2.40. The number of aliphatic hydroxyl groups is 2. The Balaban J connectivity index is 1.53. The standard InChI is InChI=1S/C31H35N3O7/c1-3-6-26(37)34(11-9-20-15-19-7-4-5-8-23(19)33-20)24-16-22(31(39)32-10-12-35)27-21-13-18(17-36)14-25(40-2)29(21)41-30(27)28(24)38/h4-5,7-8,13-17,24,27-28,30,33,35,38H,3,6,9-12H2,1-2H3,(H,32,39)/t24-,27+,28+,30+/m1/s1. The summed E-state index contributed by atoms with van der Waals surface area (Å²) in [5, 5.41) is 24.8. The fraction of sp³-hybridized carbons (Fsp3) is 0.387. The van der Waals surface area contributed by atoms with Gasteiger partial charge in [0.2, 0.25) is 11.8 Å². The summed E-state index contributed by atoms with van der Waals surface area (Å²) in [5.41, 5.74) is 3.13. The Bertz CT molecular complexity index is 1450. The molecule has 2 aromatic carbocycles. The number of carbonyl (C=O) groups is 3. The number of fused-ring (bicyclic) bond motifs is 4. The average Bonchev–Trinajstić information content (AvgIpc) is 3.58. The van der Waals surface area contributed by atoms with Crippen LogP contribution >= 0.6 is 0 Å². The highest BCUT2D eigenvalue weighted by atomic mass is 16.5. The fourth-order valence-electron chi connectivity index (χ4n) is 5.87. The molecule has 0 saturated carbocycles. The minimum absolute atomic E-state index is 0.0328. The number of aldehydes is 1. The molecule has 0 saturated heterocycles. The number of amides is 2. The Morgan fingerprint density at radius 1 is 1.22 bits per heavy atom. The van der Waals surface area contributed by atoms with Crippen molar-refractivity contribution >= 4 is 29.0 Å². The molecule has 0 bridgehead atoms. The first kappa shape index (κ1) is 28.4. The lowest BCUT2D eigenvalue weighted by Crippen LogP contribution is -2.56. The highest BCUT2D eigenvalue weighted by Crippen LogP contribution is 2.51. The van der Waals surface area contributed by atoms with Crippen LogP contribution in [-0.4, -0.2) is 83.3 Å². The van der Waals surface area contributed by atoms with Crippen molar-refractivity contribution in [3.63, 3.8) is 0 Å². The molecule has 10 heteroatoms. The molecule has 0 unspecified atom stereocenters. The van der Waals surface area contributed by atoms with Gasteiger partial charge >= 0.3 is 0 Å². The Labute approximate surface area is 237 Å². The van der Waals surface area contributed by atoms with E-state index < -0.39 is 30.1 Å². The first-order valence-corrected chi connectivity index (χ1v) is 13.9. The van der Waals surface area contributed by atoms with E-state index in [1.807, 2.05) is 37.3 Å². The van der Waals surface area contributed by atoms with Gasteiger partial charge in [-0.2, -0.15) is 0 Å². The van der Waals surface area contributed by atoms with Crippen molar-refractivity contribution in [2.75, 3.05) is 26.8 Å². The second-order valence-corrected chi connectivity index (χ2v) is 10.4. The van der Waals surface area contributed by atoms with Gasteiger partial charge in [-0.1, -0.05) is 25.1 Å².